The molecule has 9 aromatic rings. The van der Waals surface area contributed by atoms with Crippen molar-refractivity contribution in [1.29, 1.82) is 0 Å². The first-order valence-electron chi connectivity index (χ1n) is 16.2. The fraction of sp³-hybridized carbons (Fsp3) is 0. The lowest BCUT2D eigenvalue weighted by molar-refractivity contribution is 1.29. The summed E-state index contributed by atoms with van der Waals surface area (Å²) in [6, 6.07) is 68.3. The predicted octanol–water partition coefficient (Wildman–Crippen LogP) is 13.1. The van der Waals surface area contributed by atoms with Gasteiger partial charge >= 0.3 is 0 Å². The average Bonchev–Trinajstić information content (AvgIpc) is 3.16. The van der Waals surface area contributed by atoms with Crippen LogP contribution in [-0.2, 0) is 0 Å². The van der Waals surface area contributed by atoms with Crippen LogP contribution in [0.4, 0.5) is 17.1 Å². The maximum atomic E-state index is 2.43. The monoisotopic (exact) mass is 597 g/mol. The molecule has 47 heavy (non-hydrogen) atoms. The van der Waals surface area contributed by atoms with E-state index in [9.17, 15) is 0 Å². The van der Waals surface area contributed by atoms with Crippen molar-refractivity contribution in [3.8, 4) is 22.3 Å². The van der Waals surface area contributed by atoms with E-state index in [0.29, 0.717) is 0 Å². The fourth-order valence-corrected chi connectivity index (χ4v) is 7.16. The Balaban J connectivity index is 1.28. The van der Waals surface area contributed by atoms with Crippen LogP contribution >= 0.6 is 0 Å². The molecule has 0 N–H and O–H groups in total. The standard InChI is InChI=1S/C46H31N/c1-2-12-32(13-3-1)34-22-24-35(25-23-34)39-16-10-11-21-46(39)47(37-27-26-33-14-4-5-15-36(33)30-37)38-28-29-44-42-19-7-6-17-40(42)41-18-8-9-20-43(41)45(44)31-38/h1-31H. The zero-order valence-electron chi connectivity index (χ0n) is 25.8. The summed E-state index contributed by atoms with van der Waals surface area (Å²) < 4.78 is 0. The molecule has 0 heterocycles. The van der Waals surface area contributed by atoms with E-state index in [1.54, 1.807) is 0 Å². The molecular weight excluding hydrogens is 567 g/mol. The van der Waals surface area contributed by atoms with Gasteiger partial charge in [0.15, 0.2) is 0 Å². The third-order valence-corrected chi connectivity index (χ3v) is 9.43. The van der Waals surface area contributed by atoms with Gasteiger partial charge in [-0.25, -0.2) is 0 Å². The molecule has 0 aromatic heterocycles. The summed E-state index contributed by atoms with van der Waals surface area (Å²) in [5, 5.41) is 10.1. The van der Waals surface area contributed by atoms with Crippen LogP contribution in [0.25, 0.3) is 65.3 Å². The zero-order chi connectivity index (χ0) is 31.2. The summed E-state index contributed by atoms with van der Waals surface area (Å²) in [7, 11) is 0. The second kappa shape index (κ2) is 11.3. The number of para-hydroxylation sites is 1. The first-order valence-corrected chi connectivity index (χ1v) is 16.2. The Morgan fingerprint density at radius 1 is 0.277 bits per heavy atom. The smallest absolute Gasteiger partial charge is 0.0540 e. The summed E-state index contributed by atoms with van der Waals surface area (Å²) in [5.41, 5.74) is 8.20. The number of anilines is 3. The van der Waals surface area contributed by atoms with E-state index in [4.69, 9.17) is 0 Å². The van der Waals surface area contributed by atoms with Gasteiger partial charge in [-0.05, 0) is 90.1 Å². The average molecular weight is 598 g/mol. The molecule has 0 aliphatic carbocycles. The maximum absolute atomic E-state index is 2.43. The normalized spacial score (nSPS) is 11.4. The van der Waals surface area contributed by atoms with E-state index in [0.717, 1.165) is 17.1 Å². The van der Waals surface area contributed by atoms with Gasteiger partial charge in [0.2, 0.25) is 0 Å². The molecule has 0 aliphatic rings. The third kappa shape index (κ3) is 4.72. The van der Waals surface area contributed by atoms with Gasteiger partial charge in [-0.1, -0.05) is 158 Å². The highest BCUT2D eigenvalue weighted by Crippen LogP contribution is 2.44. The summed E-state index contributed by atoms with van der Waals surface area (Å²) >= 11 is 0. The first-order chi connectivity index (χ1) is 23.3. The number of nitrogens with zero attached hydrogens (tertiary/aromatic N) is 1. The topological polar surface area (TPSA) is 3.24 Å². The Kier molecular flexibility index (Phi) is 6.54. The van der Waals surface area contributed by atoms with Crippen molar-refractivity contribution in [3.05, 3.63) is 188 Å². The summed E-state index contributed by atoms with van der Waals surface area (Å²) in [6.45, 7) is 0. The molecule has 9 aromatic carbocycles. The molecule has 0 saturated carbocycles. The molecule has 0 spiro atoms. The number of fused-ring (bicyclic) bond motifs is 7. The highest BCUT2D eigenvalue weighted by molar-refractivity contribution is 6.25. The molecule has 0 amide bonds. The van der Waals surface area contributed by atoms with Gasteiger partial charge in [0.25, 0.3) is 0 Å². The molecule has 0 radical (unpaired) electrons. The zero-order valence-corrected chi connectivity index (χ0v) is 25.8. The Morgan fingerprint density at radius 2 is 0.766 bits per heavy atom. The van der Waals surface area contributed by atoms with Gasteiger partial charge in [-0.2, -0.15) is 0 Å². The van der Waals surface area contributed by atoms with Gasteiger partial charge in [-0.3, -0.25) is 0 Å². The van der Waals surface area contributed by atoms with Gasteiger partial charge < -0.3 is 4.90 Å². The van der Waals surface area contributed by atoms with Gasteiger partial charge in [0.1, 0.15) is 0 Å². The van der Waals surface area contributed by atoms with Crippen LogP contribution in [0.5, 0.6) is 0 Å². The molecule has 1 heteroatoms. The third-order valence-electron chi connectivity index (χ3n) is 9.43. The van der Waals surface area contributed by atoms with Crippen molar-refractivity contribution in [1.82, 2.24) is 0 Å². The Labute approximate surface area is 274 Å². The molecule has 0 aliphatic heterocycles. The van der Waals surface area contributed by atoms with E-state index >= 15 is 0 Å². The molecule has 0 fully saturated rings. The predicted molar refractivity (Wildman–Crippen MR) is 202 cm³/mol. The van der Waals surface area contributed by atoms with Gasteiger partial charge in [0.05, 0.1) is 5.69 Å². The first kappa shape index (κ1) is 27.2. The fourth-order valence-electron chi connectivity index (χ4n) is 7.16. The largest absolute Gasteiger partial charge is 0.310 e. The van der Waals surface area contributed by atoms with Crippen molar-refractivity contribution in [2.75, 3.05) is 4.90 Å². The van der Waals surface area contributed by atoms with Crippen LogP contribution in [0.1, 0.15) is 0 Å². The van der Waals surface area contributed by atoms with Crippen LogP contribution in [-0.4, -0.2) is 0 Å². The van der Waals surface area contributed by atoms with Crippen molar-refractivity contribution >= 4 is 60.2 Å². The molecule has 9 rings (SSSR count). The Morgan fingerprint density at radius 3 is 1.49 bits per heavy atom. The van der Waals surface area contributed by atoms with Crippen LogP contribution in [0, 0.1) is 0 Å². The minimum absolute atomic E-state index is 1.13. The van der Waals surface area contributed by atoms with E-state index in [1.807, 2.05) is 0 Å². The van der Waals surface area contributed by atoms with Gasteiger partial charge in [-0.15, -0.1) is 0 Å². The summed E-state index contributed by atoms with van der Waals surface area (Å²) in [4.78, 5) is 2.43. The van der Waals surface area contributed by atoms with E-state index in [2.05, 4.69) is 193 Å². The number of benzene rings is 9. The highest BCUT2D eigenvalue weighted by atomic mass is 15.1. The lowest BCUT2D eigenvalue weighted by Crippen LogP contribution is -2.11. The number of hydrogen-bond donors (Lipinski definition) is 0. The SMILES string of the molecule is c1ccc(-c2ccc(-c3ccccc3N(c3ccc4ccccc4c3)c3ccc4c5ccccc5c5ccccc5c4c3)cc2)cc1. The maximum Gasteiger partial charge on any atom is 0.0540 e. The second-order valence-electron chi connectivity index (χ2n) is 12.1. The molecule has 0 atom stereocenters. The molecule has 1 nitrogen and oxygen atoms in total. The molecule has 0 saturated heterocycles. The van der Waals surface area contributed by atoms with Crippen LogP contribution in [0.3, 0.4) is 0 Å². The lowest BCUT2D eigenvalue weighted by Gasteiger charge is -2.29. The number of hydrogen-bond acceptors (Lipinski definition) is 1. The van der Waals surface area contributed by atoms with Crippen molar-refractivity contribution in [2.45, 2.75) is 0 Å². The second-order valence-corrected chi connectivity index (χ2v) is 12.1. The van der Waals surface area contributed by atoms with E-state index < -0.39 is 0 Å². The van der Waals surface area contributed by atoms with Crippen LogP contribution < -0.4 is 4.90 Å². The van der Waals surface area contributed by atoms with Crippen molar-refractivity contribution in [2.24, 2.45) is 0 Å². The van der Waals surface area contributed by atoms with Crippen molar-refractivity contribution in [3.63, 3.8) is 0 Å². The summed E-state index contributed by atoms with van der Waals surface area (Å²) in [5.74, 6) is 0. The minimum atomic E-state index is 1.13. The molecule has 0 unspecified atom stereocenters. The Bertz CT molecular complexity index is 2530. The van der Waals surface area contributed by atoms with E-state index in [-0.39, 0.29) is 0 Å². The van der Waals surface area contributed by atoms with Crippen LogP contribution in [0.2, 0.25) is 0 Å². The molecule has 220 valence electrons. The van der Waals surface area contributed by atoms with Crippen LogP contribution in [0.15, 0.2) is 188 Å². The van der Waals surface area contributed by atoms with E-state index in [1.165, 1.54) is 65.3 Å². The Hall–Kier alpha value is -6.18. The van der Waals surface area contributed by atoms with Crippen molar-refractivity contribution < 1.29 is 0 Å². The lowest BCUT2D eigenvalue weighted by atomic mass is 9.93. The summed E-state index contributed by atoms with van der Waals surface area (Å²) in [6.07, 6.45) is 0. The highest BCUT2D eigenvalue weighted by Gasteiger charge is 2.19. The quantitative estimate of drug-likeness (QED) is 0.178. The molecular formula is C46H31N. The molecule has 0 bridgehead atoms. The van der Waals surface area contributed by atoms with Gasteiger partial charge in [0, 0.05) is 16.9 Å². The minimum Gasteiger partial charge on any atom is -0.310 e. The number of rotatable bonds is 5.